The predicted octanol–water partition coefficient (Wildman–Crippen LogP) is 5.25. The molecule has 0 aliphatic carbocycles. The van der Waals surface area contributed by atoms with Gasteiger partial charge in [-0.3, -0.25) is 0 Å². The van der Waals surface area contributed by atoms with Gasteiger partial charge in [-0.2, -0.15) is 109 Å². The summed E-state index contributed by atoms with van der Waals surface area (Å²) in [7, 11) is 0. The quantitative estimate of drug-likeness (QED) is 0.463. The molecule has 0 amide bonds. The Balaban J connectivity index is 0. The Bertz CT molecular complexity index is 366. The van der Waals surface area contributed by atoms with Crippen molar-refractivity contribution in [2.45, 2.75) is 12.8 Å². The topological polar surface area (TPSA) is 9.23 Å². The number of benzene rings is 3. The van der Waals surface area contributed by atoms with Crippen molar-refractivity contribution >= 4 is 0 Å². The standard InChI is InChI=1S/3C6H5.C4H8O.2Cr/c3*1-2-4-6-5-3-1;1-2-4-5-3-1;;/h3*1-5H;1-4H2;;/q3*-1;;;+3. The van der Waals surface area contributed by atoms with Crippen LogP contribution in [0.25, 0.3) is 0 Å². The summed E-state index contributed by atoms with van der Waals surface area (Å²) in [5.41, 5.74) is 0. The molecule has 129 valence electrons. The van der Waals surface area contributed by atoms with Crippen LogP contribution in [0.5, 0.6) is 0 Å². The van der Waals surface area contributed by atoms with E-state index < -0.39 is 0 Å². The Morgan fingerprint density at radius 1 is 0.480 bits per heavy atom. The van der Waals surface area contributed by atoms with Gasteiger partial charge >= 0.3 is 17.4 Å². The number of rotatable bonds is 0. The van der Waals surface area contributed by atoms with Crippen LogP contribution in [-0.2, 0) is 39.5 Å². The monoisotopic (exact) mass is 407 g/mol. The first kappa shape index (κ1) is 25.9. The molecule has 25 heavy (non-hydrogen) atoms. The van der Waals surface area contributed by atoms with E-state index in [-0.39, 0.29) is 34.7 Å². The second kappa shape index (κ2) is 22.7. The zero-order valence-corrected chi connectivity index (χ0v) is 16.8. The Morgan fingerprint density at radius 3 is 0.840 bits per heavy atom. The van der Waals surface area contributed by atoms with E-state index in [4.69, 9.17) is 4.74 Å². The van der Waals surface area contributed by atoms with E-state index in [1.54, 1.807) is 0 Å². The molecule has 0 N–H and O–H groups in total. The molecule has 0 bridgehead atoms. The summed E-state index contributed by atoms with van der Waals surface area (Å²) >= 11 is 0. The van der Waals surface area contributed by atoms with Gasteiger partial charge in [0.25, 0.3) is 0 Å². The van der Waals surface area contributed by atoms with E-state index in [0.717, 1.165) is 13.2 Å². The van der Waals surface area contributed by atoms with Crippen LogP contribution in [0.4, 0.5) is 0 Å². The minimum atomic E-state index is 0. The van der Waals surface area contributed by atoms with Gasteiger partial charge < -0.3 is 4.74 Å². The van der Waals surface area contributed by atoms with E-state index in [1.165, 1.54) is 12.8 Å². The normalized spacial score (nSPS) is 10.6. The summed E-state index contributed by atoms with van der Waals surface area (Å²) in [4.78, 5) is 0. The molecule has 0 spiro atoms. The van der Waals surface area contributed by atoms with E-state index in [9.17, 15) is 0 Å². The fourth-order valence-electron chi connectivity index (χ4n) is 1.54. The maximum absolute atomic E-state index is 4.94. The molecule has 4 rings (SSSR count). The Kier molecular flexibility index (Phi) is 23.5. The minimum Gasteiger partial charge on any atom is -0.381 e. The van der Waals surface area contributed by atoms with Gasteiger partial charge in [0.2, 0.25) is 0 Å². The molecule has 1 heterocycles. The van der Waals surface area contributed by atoms with Crippen LogP contribution in [0.3, 0.4) is 0 Å². The van der Waals surface area contributed by atoms with Gasteiger partial charge in [-0.25, -0.2) is 0 Å². The molecule has 3 aromatic carbocycles. The van der Waals surface area contributed by atoms with Crippen LogP contribution in [0.2, 0.25) is 0 Å². The maximum atomic E-state index is 4.94. The molecule has 1 aliphatic heterocycles. The summed E-state index contributed by atoms with van der Waals surface area (Å²) < 4.78 is 4.94. The molecule has 0 unspecified atom stereocenters. The summed E-state index contributed by atoms with van der Waals surface area (Å²) in [6.45, 7) is 2.00. The first-order valence-corrected chi connectivity index (χ1v) is 7.81. The first-order chi connectivity index (χ1) is 11.5. The average molecular weight is 407 g/mol. The van der Waals surface area contributed by atoms with Gasteiger partial charge in [0.15, 0.2) is 0 Å². The number of hydrogen-bond donors (Lipinski definition) is 0. The summed E-state index contributed by atoms with van der Waals surface area (Å²) in [5, 5.41) is 0. The third kappa shape index (κ3) is 20.6. The Hall–Kier alpha value is -1.32. The number of ether oxygens (including phenoxy) is 1. The molecule has 1 saturated heterocycles. The van der Waals surface area contributed by atoms with Crippen molar-refractivity contribution in [3.8, 4) is 0 Å². The van der Waals surface area contributed by atoms with Crippen LogP contribution in [0.15, 0.2) is 91.0 Å². The van der Waals surface area contributed by atoms with Gasteiger partial charge in [-0.1, -0.05) is 0 Å². The Morgan fingerprint density at radius 2 is 0.760 bits per heavy atom. The van der Waals surface area contributed by atoms with E-state index in [1.807, 2.05) is 91.0 Å². The molecule has 0 atom stereocenters. The van der Waals surface area contributed by atoms with Crippen molar-refractivity contribution in [2.75, 3.05) is 13.2 Å². The largest absolute Gasteiger partial charge is 3.00 e. The first-order valence-electron chi connectivity index (χ1n) is 7.81. The van der Waals surface area contributed by atoms with Crippen molar-refractivity contribution < 1.29 is 39.5 Å². The van der Waals surface area contributed by atoms with Crippen LogP contribution >= 0.6 is 0 Å². The van der Waals surface area contributed by atoms with Gasteiger partial charge in [0.1, 0.15) is 0 Å². The smallest absolute Gasteiger partial charge is 0.381 e. The molecule has 1 radical (unpaired) electrons. The van der Waals surface area contributed by atoms with Crippen molar-refractivity contribution in [1.29, 1.82) is 0 Å². The molecular weight excluding hydrogens is 384 g/mol. The average Bonchev–Trinajstić information content (AvgIpc) is 3.27. The van der Waals surface area contributed by atoms with E-state index >= 15 is 0 Å². The van der Waals surface area contributed by atoms with E-state index in [0.29, 0.717) is 0 Å². The predicted molar refractivity (Wildman–Crippen MR) is 95.9 cm³/mol. The second-order valence-electron chi connectivity index (χ2n) is 4.55. The van der Waals surface area contributed by atoms with Gasteiger partial charge in [0, 0.05) is 30.6 Å². The molecule has 0 saturated carbocycles. The Labute approximate surface area is 174 Å². The molecule has 3 heteroatoms. The second-order valence-corrected chi connectivity index (χ2v) is 4.55. The summed E-state index contributed by atoms with van der Waals surface area (Å²) in [5.74, 6) is 0. The van der Waals surface area contributed by atoms with Crippen molar-refractivity contribution in [2.24, 2.45) is 0 Å². The summed E-state index contributed by atoms with van der Waals surface area (Å²) in [6, 6.07) is 37.5. The maximum Gasteiger partial charge on any atom is 3.00 e. The van der Waals surface area contributed by atoms with Crippen LogP contribution < -0.4 is 0 Å². The van der Waals surface area contributed by atoms with Crippen LogP contribution in [0.1, 0.15) is 12.8 Å². The van der Waals surface area contributed by atoms with Gasteiger partial charge in [0.05, 0.1) is 0 Å². The van der Waals surface area contributed by atoms with Crippen molar-refractivity contribution in [3.05, 3.63) is 109 Å². The zero-order valence-electron chi connectivity index (χ0n) is 14.2. The van der Waals surface area contributed by atoms with Gasteiger partial charge in [-0.05, 0) is 12.8 Å². The molecular formula is C22H23Cr2O. The molecule has 1 fully saturated rings. The molecule has 3 aromatic rings. The van der Waals surface area contributed by atoms with Crippen molar-refractivity contribution in [1.82, 2.24) is 0 Å². The van der Waals surface area contributed by atoms with Crippen LogP contribution in [-0.4, -0.2) is 13.2 Å². The zero-order chi connectivity index (χ0) is 16.3. The number of hydrogen-bond acceptors (Lipinski definition) is 1. The summed E-state index contributed by atoms with van der Waals surface area (Å²) in [6.07, 6.45) is 2.56. The van der Waals surface area contributed by atoms with E-state index in [2.05, 4.69) is 18.2 Å². The minimum absolute atomic E-state index is 0. The molecule has 0 aromatic heterocycles. The molecule has 1 aliphatic rings. The van der Waals surface area contributed by atoms with Crippen LogP contribution in [0, 0.1) is 18.2 Å². The van der Waals surface area contributed by atoms with Crippen molar-refractivity contribution in [3.63, 3.8) is 0 Å². The van der Waals surface area contributed by atoms with Gasteiger partial charge in [-0.15, -0.1) is 0 Å². The fraction of sp³-hybridized carbons (Fsp3) is 0.182. The third-order valence-electron chi connectivity index (χ3n) is 2.65. The third-order valence-corrected chi connectivity index (χ3v) is 2.65. The molecule has 1 nitrogen and oxygen atoms in total. The fourth-order valence-corrected chi connectivity index (χ4v) is 1.54. The SMILES string of the molecule is C1CCOC1.[Cr+3].[Cr].[c-]1ccccc1.[c-]1ccccc1.[c-]1ccccc1.